The van der Waals surface area contributed by atoms with E-state index in [4.69, 9.17) is 11.6 Å². The summed E-state index contributed by atoms with van der Waals surface area (Å²) in [6.07, 6.45) is 1.23. The molecule has 2 saturated heterocycles. The van der Waals surface area contributed by atoms with Crippen molar-refractivity contribution in [2.24, 2.45) is 4.99 Å². The summed E-state index contributed by atoms with van der Waals surface area (Å²) in [5, 5.41) is 13.1. The van der Waals surface area contributed by atoms with E-state index < -0.39 is 15.7 Å². The number of anilines is 2. The molecule has 0 spiro atoms. The van der Waals surface area contributed by atoms with Crippen molar-refractivity contribution in [2.45, 2.75) is 31.1 Å². The summed E-state index contributed by atoms with van der Waals surface area (Å²) >= 11 is 7.23. The van der Waals surface area contributed by atoms with E-state index in [0.717, 1.165) is 5.69 Å². The predicted octanol–water partition coefficient (Wildman–Crippen LogP) is 4.58. The Kier molecular flexibility index (Phi) is 7.03. The summed E-state index contributed by atoms with van der Waals surface area (Å²) < 4.78 is 24.5. The number of fused-ring (bicyclic) bond motifs is 1. The number of thioether (sulfide) groups is 1. The summed E-state index contributed by atoms with van der Waals surface area (Å²) in [5.74, 6) is -0.0993. The van der Waals surface area contributed by atoms with Crippen molar-refractivity contribution in [1.29, 1.82) is 5.26 Å². The largest absolute Gasteiger partial charge is 0.321 e. The van der Waals surface area contributed by atoms with E-state index >= 15 is 0 Å². The molecule has 2 fully saturated rings. The molecule has 34 heavy (non-hydrogen) atoms. The van der Waals surface area contributed by atoms with E-state index in [1.165, 1.54) is 23.5 Å². The number of nitrogens with one attached hydrogen (secondary N) is 1. The van der Waals surface area contributed by atoms with Gasteiger partial charge < -0.3 is 10.2 Å². The zero-order valence-corrected chi connectivity index (χ0v) is 21.0. The lowest BCUT2D eigenvalue weighted by atomic mass is 10.0. The second-order valence-corrected chi connectivity index (χ2v) is 12.2. The van der Waals surface area contributed by atoms with Crippen molar-refractivity contribution in [3.63, 3.8) is 0 Å². The van der Waals surface area contributed by atoms with E-state index in [-0.39, 0.29) is 28.4 Å². The Morgan fingerprint density at radius 3 is 2.50 bits per heavy atom. The van der Waals surface area contributed by atoms with Crippen LogP contribution in [-0.4, -0.2) is 42.3 Å². The van der Waals surface area contributed by atoms with Crippen molar-refractivity contribution in [3.05, 3.63) is 70.9 Å². The molecule has 2 atom stereocenters. The normalized spacial score (nSPS) is 22.6. The smallest absolute Gasteiger partial charge is 0.267 e. The molecule has 7 nitrogen and oxygen atoms in total. The molecule has 1 N–H and O–H groups in total. The molecule has 176 valence electrons. The minimum atomic E-state index is -3.14. The van der Waals surface area contributed by atoms with Crippen LogP contribution in [-0.2, 0) is 14.6 Å². The number of benzene rings is 2. The van der Waals surface area contributed by atoms with E-state index in [1.54, 1.807) is 24.3 Å². The van der Waals surface area contributed by atoms with Crippen molar-refractivity contribution < 1.29 is 13.2 Å². The van der Waals surface area contributed by atoms with Crippen molar-refractivity contribution >= 4 is 55.6 Å². The first kappa shape index (κ1) is 24.3. The van der Waals surface area contributed by atoms with Gasteiger partial charge in [0.15, 0.2) is 15.0 Å². The molecule has 1 amide bonds. The molecule has 2 aromatic rings. The maximum Gasteiger partial charge on any atom is 0.267 e. The molecule has 0 bridgehead atoms. The third-order valence-corrected chi connectivity index (χ3v) is 9.15. The number of nitriles is 1. The topological polar surface area (TPSA) is 103 Å². The maximum absolute atomic E-state index is 12.6. The number of aliphatic imine (C=N–C) groups is 1. The van der Waals surface area contributed by atoms with Gasteiger partial charge in [-0.25, -0.2) is 13.4 Å². The fraction of sp³-hybridized carbons (Fsp3) is 0.292. The van der Waals surface area contributed by atoms with Gasteiger partial charge >= 0.3 is 0 Å². The summed E-state index contributed by atoms with van der Waals surface area (Å²) in [7, 11) is -3.14. The van der Waals surface area contributed by atoms with Gasteiger partial charge in [0.25, 0.3) is 5.91 Å². The molecule has 2 heterocycles. The van der Waals surface area contributed by atoms with Crippen LogP contribution in [0.1, 0.15) is 25.3 Å². The van der Waals surface area contributed by atoms with Crippen molar-refractivity contribution in [3.8, 4) is 6.07 Å². The summed E-state index contributed by atoms with van der Waals surface area (Å²) in [4.78, 5) is 18.9. The molecule has 0 saturated carbocycles. The second kappa shape index (κ2) is 9.82. The fourth-order valence-electron chi connectivity index (χ4n) is 3.89. The molecule has 2 aromatic carbocycles. The molecule has 4 rings (SSSR count). The predicted molar refractivity (Wildman–Crippen MR) is 138 cm³/mol. The van der Waals surface area contributed by atoms with Crippen LogP contribution in [0, 0.1) is 11.3 Å². The zero-order chi connectivity index (χ0) is 24.5. The standard InChI is InChI=1S/C24H23ClN4O3S2/c1-15(2)16-3-9-20(10-4-16)29-21-13-34(31,32)14-22(21)33-24(29)27-12-17(11-26)23(30)28-19-7-5-18(25)6-8-19/h3-10,12,15,21-22H,13-14H2,1-2H3,(H,28,30)/b17-12-,27-24?/t21-,22-/m0/s1. The van der Waals surface area contributed by atoms with Crippen molar-refractivity contribution in [1.82, 2.24) is 0 Å². The average molecular weight is 515 g/mol. The maximum atomic E-state index is 12.6. The Morgan fingerprint density at radius 2 is 1.88 bits per heavy atom. The highest BCUT2D eigenvalue weighted by molar-refractivity contribution is 8.16. The Morgan fingerprint density at radius 1 is 1.21 bits per heavy atom. The summed E-state index contributed by atoms with van der Waals surface area (Å²) in [5.41, 5.74) is 2.35. The van der Waals surface area contributed by atoms with Crippen LogP contribution in [0.5, 0.6) is 0 Å². The number of hydrogen-bond acceptors (Lipinski definition) is 6. The Hall–Kier alpha value is -2.80. The van der Waals surface area contributed by atoms with Gasteiger partial charge in [-0.2, -0.15) is 5.26 Å². The fourth-order valence-corrected chi connectivity index (χ4v) is 7.90. The number of rotatable bonds is 5. The molecular weight excluding hydrogens is 492 g/mol. The van der Waals surface area contributed by atoms with Crippen molar-refractivity contribution in [2.75, 3.05) is 21.7 Å². The lowest BCUT2D eigenvalue weighted by Gasteiger charge is -2.25. The van der Waals surface area contributed by atoms with E-state index in [2.05, 4.69) is 24.2 Å². The third kappa shape index (κ3) is 5.30. The van der Waals surface area contributed by atoms with Crippen LogP contribution in [0.15, 0.2) is 65.3 Å². The van der Waals surface area contributed by atoms with Crippen LogP contribution in [0.4, 0.5) is 11.4 Å². The number of hydrogen-bond donors (Lipinski definition) is 1. The highest BCUT2D eigenvalue weighted by atomic mass is 35.5. The second-order valence-electron chi connectivity index (χ2n) is 8.44. The van der Waals surface area contributed by atoms with Crippen LogP contribution in [0.3, 0.4) is 0 Å². The molecule has 0 unspecified atom stereocenters. The summed E-state index contributed by atoms with van der Waals surface area (Å²) in [6, 6.07) is 16.1. The molecule has 0 radical (unpaired) electrons. The lowest BCUT2D eigenvalue weighted by molar-refractivity contribution is -0.112. The van der Waals surface area contributed by atoms with E-state index in [0.29, 0.717) is 21.8 Å². The molecular formula is C24H23ClN4O3S2. The molecule has 10 heteroatoms. The number of halogens is 1. The van der Waals surface area contributed by atoms with Gasteiger partial charge in [0.2, 0.25) is 0 Å². The summed E-state index contributed by atoms with van der Waals surface area (Å²) in [6.45, 7) is 4.22. The zero-order valence-electron chi connectivity index (χ0n) is 18.6. The highest BCUT2D eigenvalue weighted by Gasteiger charge is 2.49. The van der Waals surface area contributed by atoms with Gasteiger partial charge in [0.05, 0.1) is 23.7 Å². The Labute approximate surface area is 208 Å². The first-order chi connectivity index (χ1) is 16.2. The minimum absolute atomic E-state index is 0.0431. The van der Waals surface area contributed by atoms with Gasteiger partial charge in [0.1, 0.15) is 11.6 Å². The van der Waals surface area contributed by atoms with Gasteiger partial charge in [-0.05, 0) is 47.9 Å². The Balaban J connectivity index is 1.62. The van der Waals surface area contributed by atoms with E-state index in [9.17, 15) is 18.5 Å². The minimum Gasteiger partial charge on any atom is -0.321 e. The molecule has 2 aliphatic rings. The van der Waals surface area contributed by atoms with Gasteiger partial charge in [-0.3, -0.25) is 4.79 Å². The van der Waals surface area contributed by atoms with Crippen LogP contribution in [0.25, 0.3) is 0 Å². The average Bonchev–Trinajstić information content (AvgIpc) is 3.26. The monoisotopic (exact) mass is 514 g/mol. The number of amidine groups is 1. The molecule has 0 aliphatic carbocycles. The van der Waals surface area contributed by atoms with Crippen LogP contribution in [0.2, 0.25) is 5.02 Å². The Bertz CT molecular complexity index is 1300. The lowest BCUT2D eigenvalue weighted by Crippen LogP contribution is -2.37. The highest BCUT2D eigenvalue weighted by Crippen LogP contribution is 2.41. The molecule has 0 aromatic heterocycles. The van der Waals surface area contributed by atoms with Gasteiger partial charge in [-0.1, -0.05) is 49.3 Å². The third-order valence-electron chi connectivity index (χ3n) is 5.68. The van der Waals surface area contributed by atoms with Gasteiger partial charge in [0, 0.05) is 21.6 Å². The molecule has 2 aliphatic heterocycles. The number of nitrogens with zero attached hydrogens (tertiary/aromatic N) is 3. The number of sulfone groups is 1. The number of carbonyl (C=O) groups is 1. The first-order valence-electron chi connectivity index (χ1n) is 10.7. The first-order valence-corrected chi connectivity index (χ1v) is 13.8. The van der Waals surface area contributed by atoms with Gasteiger partial charge in [-0.15, -0.1) is 0 Å². The van der Waals surface area contributed by atoms with Crippen LogP contribution < -0.4 is 10.2 Å². The van der Waals surface area contributed by atoms with E-state index in [1.807, 2.05) is 35.2 Å². The van der Waals surface area contributed by atoms with Crippen LogP contribution >= 0.6 is 23.4 Å². The quantitative estimate of drug-likeness (QED) is 0.462. The number of carbonyl (C=O) groups excluding carboxylic acids is 1. The SMILES string of the molecule is CC(C)c1ccc(N2C(=N/C=C(/C#N)C(=O)Nc3ccc(Cl)cc3)S[C@H]3CS(=O)(=O)C[C@@H]32)cc1. The number of amides is 1.